The van der Waals surface area contributed by atoms with Crippen LogP contribution in [-0.4, -0.2) is 14.5 Å². The van der Waals surface area contributed by atoms with Crippen molar-refractivity contribution in [3.05, 3.63) is 60.4 Å². The highest BCUT2D eigenvalue weighted by Gasteiger charge is 2.11. The van der Waals surface area contributed by atoms with Gasteiger partial charge in [-0.15, -0.1) is 0 Å². The minimum Gasteiger partial charge on any atom is -0.486 e. The van der Waals surface area contributed by atoms with Crippen molar-refractivity contribution in [2.75, 3.05) is 0 Å². The molecule has 1 heterocycles. The third-order valence-electron chi connectivity index (χ3n) is 3.43. The first-order valence-corrected chi connectivity index (χ1v) is 7.55. The predicted octanol–water partition coefficient (Wildman–Crippen LogP) is 3.29. The fourth-order valence-electron chi connectivity index (χ4n) is 2.37. The molecule has 0 saturated heterocycles. The van der Waals surface area contributed by atoms with Gasteiger partial charge in [0.1, 0.15) is 18.2 Å². The Kier molecular flexibility index (Phi) is 4.34. The zero-order valence-electron chi connectivity index (χ0n) is 12.1. The van der Waals surface area contributed by atoms with Crippen LogP contribution in [0.25, 0.3) is 11.0 Å². The van der Waals surface area contributed by atoms with E-state index in [2.05, 4.69) is 9.55 Å². The van der Waals surface area contributed by atoms with Gasteiger partial charge < -0.3 is 15.0 Å². The standard InChI is InChI=1S/C17H17N3OS/c18-16(22)10-11-20-15-9-5-4-8-14(15)19-17(20)12-21-13-6-2-1-3-7-13/h1-9H,10-12H2,(H2,18,22). The Hall–Kier alpha value is -2.40. The van der Waals surface area contributed by atoms with E-state index in [1.807, 2.05) is 54.6 Å². The van der Waals surface area contributed by atoms with Crippen LogP contribution < -0.4 is 10.5 Å². The average Bonchev–Trinajstić information content (AvgIpc) is 2.89. The third-order valence-corrected chi connectivity index (χ3v) is 3.63. The Morgan fingerprint density at radius 3 is 2.59 bits per heavy atom. The van der Waals surface area contributed by atoms with Crippen LogP contribution >= 0.6 is 12.2 Å². The summed E-state index contributed by atoms with van der Waals surface area (Å²) in [6, 6.07) is 17.8. The smallest absolute Gasteiger partial charge is 0.148 e. The van der Waals surface area contributed by atoms with Gasteiger partial charge in [-0.25, -0.2) is 4.98 Å². The van der Waals surface area contributed by atoms with Crippen molar-refractivity contribution >= 4 is 28.2 Å². The van der Waals surface area contributed by atoms with Crippen LogP contribution in [0.5, 0.6) is 5.75 Å². The lowest BCUT2D eigenvalue weighted by molar-refractivity contribution is 0.290. The van der Waals surface area contributed by atoms with Gasteiger partial charge in [-0.1, -0.05) is 42.5 Å². The summed E-state index contributed by atoms with van der Waals surface area (Å²) in [6.07, 6.45) is 0.647. The highest BCUT2D eigenvalue weighted by molar-refractivity contribution is 7.80. The highest BCUT2D eigenvalue weighted by Crippen LogP contribution is 2.18. The van der Waals surface area contributed by atoms with Crippen LogP contribution in [0.4, 0.5) is 0 Å². The summed E-state index contributed by atoms with van der Waals surface area (Å²) in [4.78, 5) is 5.17. The molecule has 3 rings (SSSR count). The number of nitrogens with zero attached hydrogens (tertiary/aromatic N) is 2. The summed E-state index contributed by atoms with van der Waals surface area (Å²) in [5.74, 6) is 1.71. The molecular weight excluding hydrogens is 294 g/mol. The number of ether oxygens (including phenoxy) is 1. The Labute approximate surface area is 134 Å². The molecule has 4 nitrogen and oxygen atoms in total. The van der Waals surface area contributed by atoms with Crippen LogP contribution in [0.15, 0.2) is 54.6 Å². The molecule has 3 aromatic rings. The van der Waals surface area contributed by atoms with Gasteiger partial charge >= 0.3 is 0 Å². The molecule has 0 aliphatic heterocycles. The molecule has 0 aliphatic rings. The van der Waals surface area contributed by atoms with Gasteiger partial charge in [-0.2, -0.15) is 0 Å². The molecule has 112 valence electrons. The van der Waals surface area contributed by atoms with Gasteiger partial charge in [0.15, 0.2) is 0 Å². The molecule has 22 heavy (non-hydrogen) atoms. The predicted molar refractivity (Wildman–Crippen MR) is 91.9 cm³/mol. The lowest BCUT2D eigenvalue weighted by atomic mass is 10.3. The summed E-state index contributed by atoms with van der Waals surface area (Å²) in [5.41, 5.74) is 7.66. The van der Waals surface area contributed by atoms with Crippen LogP contribution in [-0.2, 0) is 13.2 Å². The molecule has 0 radical (unpaired) electrons. The topological polar surface area (TPSA) is 53.1 Å². The molecule has 0 spiro atoms. The zero-order valence-corrected chi connectivity index (χ0v) is 12.9. The second-order valence-electron chi connectivity index (χ2n) is 4.99. The van der Waals surface area contributed by atoms with Crippen LogP contribution in [0.1, 0.15) is 12.2 Å². The number of benzene rings is 2. The number of hydrogen-bond acceptors (Lipinski definition) is 3. The van der Waals surface area contributed by atoms with Gasteiger partial charge in [-0.3, -0.25) is 0 Å². The minimum atomic E-state index is 0.413. The largest absolute Gasteiger partial charge is 0.486 e. The number of hydrogen-bond donors (Lipinski definition) is 1. The molecule has 0 atom stereocenters. The highest BCUT2D eigenvalue weighted by atomic mass is 32.1. The summed E-state index contributed by atoms with van der Waals surface area (Å²) in [6.45, 7) is 1.12. The maximum Gasteiger partial charge on any atom is 0.148 e. The lowest BCUT2D eigenvalue weighted by Gasteiger charge is -2.10. The van der Waals surface area contributed by atoms with E-state index in [0.717, 1.165) is 22.6 Å². The van der Waals surface area contributed by atoms with Crippen molar-refractivity contribution < 1.29 is 4.74 Å². The molecule has 2 aromatic carbocycles. The first-order valence-electron chi connectivity index (χ1n) is 7.14. The Bertz CT molecular complexity index is 783. The molecule has 0 fully saturated rings. The SMILES string of the molecule is NC(=S)CCn1c(COc2ccccc2)nc2ccccc21. The molecule has 0 bridgehead atoms. The van der Waals surface area contributed by atoms with E-state index in [1.54, 1.807) is 0 Å². The average molecular weight is 311 g/mol. The summed E-state index contributed by atoms with van der Waals surface area (Å²) >= 11 is 4.99. The van der Waals surface area contributed by atoms with Crippen molar-refractivity contribution in [2.24, 2.45) is 5.73 Å². The summed E-state index contributed by atoms with van der Waals surface area (Å²) < 4.78 is 7.94. The second kappa shape index (κ2) is 6.58. The van der Waals surface area contributed by atoms with E-state index in [9.17, 15) is 0 Å². The van der Waals surface area contributed by atoms with Crippen LogP contribution in [0.3, 0.4) is 0 Å². The first kappa shape index (κ1) is 14.5. The quantitative estimate of drug-likeness (QED) is 0.710. The van der Waals surface area contributed by atoms with Crippen molar-refractivity contribution in [1.82, 2.24) is 9.55 Å². The number of rotatable bonds is 6. The Morgan fingerprint density at radius 2 is 1.82 bits per heavy atom. The van der Waals surface area contributed by atoms with E-state index >= 15 is 0 Å². The number of para-hydroxylation sites is 3. The van der Waals surface area contributed by atoms with Crippen molar-refractivity contribution in [1.29, 1.82) is 0 Å². The van der Waals surface area contributed by atoms with Crippen LogP contribution in [0, 0.1) is 0 Å². The van der Waals surface area contributed by atoms with E-state index in [1.165, 1.54) is 0 Å². The molecule has 0 amide bonds. The summed E-state index contributed by atoms with van der Waals surface area (Å²) in [5, 5.41) is 0. The van der Waals surface area contributed by atoms with Gasteiger partial charge in [-0.05, 0) is 24.3 Å². The second-order valence-corrected chi connectivity index (χ2v) is 5.51. The van der Waals surface area contributed by atoms with Gasteiger partial charge in [0.2, 0.25) is 0 Å². The molecule has 5 heteroatoms. The Morgan fingerprint density at radius 1 is 1.09 bits per heavy atom. The maximum atomic E-state index is 5.82. The van der Waals surface area contributed by atoms with E-state index in [4.69, 9.17) is 22.7 Å². The molecule has 1 aromatic heterocycles. The normalized spacial score (nSPS) is 10.7. The number of aryl methyl sites for hydroxylation is 1. The van der Waals surface area contributed by atoms with Gasteiger partial charge in [0, 0.05) is 13.0 Å². The number of imidazole rings is 1. The van der Waals surface area contributed by atoms with Crippen molar-refractivity contribution in [3.63, 3.8) is 0 Å². The Balaban J connectivity index is 1.86. The number of nitrogens with two attached hydrogens (primary N) is 1. The minimum absolute atomic E-state index is 0.413. The molecule has 0 aliphatic carbocycles. The number of aromatic nitrogens is 2. The van der Waals surface area contributed by atoms with E-state index < -0.39 is 0 Å². The fourth-order valence-corrected chi connectivity index (χ4v) is 2.46. The van der Waals surface area contributed by atoms with Crippen molar-refractivity contribution in [3.8, 4) is 5.75 Å². The number of thiocarbonyl (C=S) groups is 1. The van der Waals surface area contributed by atoms with Crippen molar-refractivity contribution in [2.45, 2.75) is 19.6 Å². The molecule has 2 N–H and O–H groups in total. The zero-order chi connectivity index (χ0) is 15.4. The summed E-state index contributed by atoms with van der Waals surface area (Å²) in [7, 11) is 0. The molecular formula is C17H17N3OS. The van der Waals surface area contributed by atoms with Gasteiger partial charge in [0.25, 0.3) is 0 Å². The number of fused-ring (bicyclic) bond motifs is 1. The fraction of sp³-hybridized carbons (Fsp3) is 0.176. The van der Waals surface area contributed by atoms with Gasteiger partial charge in [0.05, 0.1) is 16.0 Å². The van der Waals surface area contributed by atoms with E-state index in [-0.39, 0.29) is 0 Å². The third kappa shape index (κ3) is 3.26. The van der Waals surface area contributed by atoms with E-state index in [0.29, 0.717) is 24.6 Å². The lowest BCUT2D eigenvalue weighted by Crippen LogP contribution is -2.14. The first-order chi connectivity index (χ1) is 10.7. The maximum absolute atomic E-state index is 5.82. The van der Waals surface area contributed by atoms with Crippen LogP contribution in [0.2, 0.25) is 0 Å². The molecule has 0 unspecified atom stereocenters. The molecule has 0 saturated carbocycles. The monoisotopic (exact) mass is 311 g/mol.